The molecule has 1 aliphatic heterocycles. The van der Waals surface area contributed by atoms with Gasteiger partial charge in [0.15, 0.2) is 5.69 Å². The zero-order chi connectivity index (χ0) is 18.8. The van der Waals surface area contributed by atoms with Crippen LogP contribution in [0.15, 0.2) is 18.2 Å². The van der Waals surface area contributed by atoms with Crippen molar-refractivity contribution in [3.8, 4) is 0 Å². The van der Waals surface area contributed by atoms with Crippen molar-refractivity contribution in [1.82, 2.24) is 4.90 Å². The molecule has 1 aliphatic rings. The normalized spacial score (nSPS) is 16.8. The maximum Gasteiger partial charge on any atom is 0.255 e. The largest absolute Gasteiger partial charge is 0.367 e. The number of carbonyl (C=O) groups excluding carboxylic acids is 1. The van der Waals surface area contributed by atoms with Gasteiger partial charge < -0.3 is 9.80 Å². The van der Waals surface area contributed by atoms with Crippen molar-refractivity contribution >= 4 is 17.3 Å². The second kappa shape index (κ2) is 7.38. The molecule has 0 N–H and O–H groups in total. The molecule has 0 atom stereocenters. The predicted octanol–water partition coefficient (Wildman–Crippen LogP) is 4.73. The minimum absolute atomic E-state index is 0.0548. The molecule has 4 nitrogen and oxygen atoms in total. The van der Waals surface area contributed by atoms with Crippen LogP contribution in [0.25, 0.3) is 4.85 Å². The van der Waals surface area contributed by atoms with Crippen molar-refractivity contribution < 1.29 is 13.6 Å². The van der Waals surface area contributed by atoms with Crippen molar-refractivity contribution in [3.63, 3.8) is 0 Å². The fourth-order valence-corrected chi connectivity index (χ4v) is 3.34. The number of anilines is 1. The highest BCUT2D eigenvalue weighted by atomic mass is 19.3. The summed E-state index contributed by atoms with van der Waals surface area (Å²) in [5.74, 6) is -2.93. The molecule has 0 unspecified atom stereocenters. The predicted molar refractivity (Wildman–Crippen MR) is 95.5 cm³/mol. The third-order valence-corrected chi connectivity index (χ3v) is 4.51. The van der Waals surface area contributed by atoms with Crippen LogP contribution in [0.4, 0.5) is 20.2 Å². The monoisotopic (exact) mass is 349 g/mol. The molecule has 25 heavy (non-hydrogen) atoms. The molecule has 0 radical (unpaired) electrons. The van der Waals surface area contributed by atoms with Gasteiger partial charge in [-0.2, -0.15) is 0 Å². The van der Waals surface area contributed by atoms with Crippen LogP contribution < -0.4 is 4.90 Å². The van der Waals surface area contributed by atoms with Gasteiger partial charge in [0.2, 0.25) is 0 Å². The van der Waals surface area contributed by atoms with Crippen molar-refractivity contribution in [3.05, 3.63) is 35.2 Å². The van der Waals surface area contributed by atoms with Crippen LogP contribution in [-0.2, 0) is 0 Å². The average Bonchev–Trinajstić information content (AvgIpc) is 2.53. The van der Waals surface area contributed by atoms with Crippen LogP contribution in [0.2, 0.25) is 0 Å². The SMILES string of the molecule is [C-]#[N+]c1ccc(C(=O)N2CCC(F)(F)CC2)c(N(C(C)C)C(C)C)c1. The van der Waals surface area contributed by atoms with E-state index in [1.807, 2.05) is 27.7 Å². The molecule has 1 aromatic carbocycles. The van der Waals surface area contributed by atoms with Gasteiger partial charge in [-0.1, -0.05) is 12.1 Å². The summed E-state index contributed by atoms with van der Waals surface area (Å²) >= 11 is 0. The summed E-state index contributed by atoms with van der Waals surface area (Å²) in [4.78, 5) is 20.0. The Morgan fingerprint density at radius 1 is 1.20 bits per heavy atom. The summed E-state index contributed by atoms with van der Waals surface area (Å²) in [6.07, 6.45) is -0.599. The second-order valence-electron chi connectivity index (χ2n) is 7.06. The Balaban J connectivity index is 2.40. The van der Waals surface area contributed by atoms with Gasteiger partial charge in [-0.05, 0) is 33.8 Å². The summed E-state index contributed by atoms with van der Waals surface area (Å²) in [6.45, 7) is 15.5. The van der Waals surface area contributed by atoms with E-state index in [4.69, 9.17) is 6.57 Å². The highest BCUT2D eigenvalue weighted by Crippen LogP contribution is 2.33. The lowest BCUT2D eigenvalue weighted by Crippen LogP contribution is -2.44. The molecule has 1 heterocycles. The number of amides is 1. The van der Waals surface area contributed by atoms with Gasteiger partial charge in [-0.25, -0.2) is 13.6 Å². The molecule has 0 saturated carbocycles. The Labute approximate surface area is 148 Å². The Morgan fingerprint density at radius 2 is 1.76 bits per heavy atom. The fraction of sp³-hybridized carbons (Fsp3) is 0.579. The Morgan fingerprint density at radius 3 is 2.24 bits per heavy atom. The van der Waals surface area contributed by atoms with Crippen LogP contribution in [0, 0.1) is 6.57 Å². The molecule has 0 bridgehead atoms. The molecule has 1 aromatic rings. The number of rotatable bonds is 4. The number of likely N-dealkylation sites (tertiary alicyclic amines) is 1. The molecule has 136 valence electrons. The molecular formula is C19H25F2N3O. The van der Waals surface area contributed by atoms with E-state index in [9.17, 15) is 13.6 Å². The number of carbonyl (C=O) groups is 1. The number of hydrogen-bond acceptors (Lipinski definition) is 2. The van der Waals surface area contributed by atoms with Crippen molar-refractivity contribution in [2.75, 3.05) is 18.0 Å². The first kappa shape index (κ1) is 19.2. The van der Waals surface area contributed by atoms with Crippen molar-refractivity contribution in [2.24, 2.45) is 0 Å². The molecule has 2 rings (SSSR count). The fourth-order valence-electron chi connectivity index (χ4n) is 3.34. The van der Waals surface area contributed by atoms with E-state index in [0.29, 0.717) is 16.9 Å². The molecule has 1 amide bonds. The van der Waals surface area contributed by atoms with E-state index in [1.54, 1.807) is 18.2 Å². The molecule has 0 spiro atoms. The summed E-state index contributed by atoms with van der Waals surface area (Å²) in [6, 6.07) is 5.26. The van der Waals surface area contributed by atoms with Gasteiger partial charge >= 0.3 is 0 Å². The maximum absolute atomic E-state index is 13.4. The number of nitrogens with zero attached hydrogens (tertiary/aromatic N) is 3. The highest BCUT2D eigenvalue weighted by Gasteiger charge is 2.36. The molecule has 1 saturated heterocycles. The molecule has 0 aromatic heterocycles. The van der Waals surface area contributed by atoms with Crippen LogP contribution in [0.1, 0.15) is 50.9 Å². The summed E-state index contributed by atoms with van der Waals surface area (Å²) < 4.78 is 26.8. The summed E-state index contributed by atoms with van der Waals surface area (Å²) in [5.41, 5.74) is 1.63. The Bertz CT molecular complexity index is 662. The summed E-state index contributed by atoms with van der Waals surface area (Å²) in [7, 11) is 0. The number of hydrogen-bond donors (Lipinski definition) is 0. The van der Waals surface area contributed by atoms with Gasteiger partial charge in [0.05, 0.1) is 12.1 Å². The quantitative estimate of drug-likeness (QED) is 0.735. The summed E-state index contributed by atoms with van der Waals surface area (Å²) in [5, 5.41) is 0. The first-order valence-electron chi connectivity index (χ1n) is 8.63. The van der Waals surface area contributed by atoms with E-state index in [2.05, 4.69) is 9.74 Å². The minimum atomic E-state index is -2.69. The van der Waals surface area contributed by atoms with Crippen LogP contribution >= 0.6 is 0 Å². The van der Waals surface area contributed by atoms with Crippen LogP contribution in [-0.4, -0.2) is 41.9 Å². The van der Waals surface area contributed by atoms with Gasteiger partial charge in [-0.3, -0.25) is 4.79 Å². The maximum atomic E-state index is 13.4. The van der Waals surface area contributed by atoms with Gasteiger partial charge in [0.25, 0.3) is 11.8 Å². The number of benzene rings is 1. The molecular weight excluding hydrogens is 324 g/mol. The minimum Gasteiger partial charge on any atom is -0.367 e. The zero-order valence-corrected chi connectivity index (χ0v) is 15.2. The smallest absolute Gasteiger partial charge is 0.255 e. The van der Waals surface area contributed by atoms with Gasteiger partial charge in [0.1, 0.15) is 0 Å². The lowest BCUT2D eigenvalue weighted by atomic mass is 10.0. The standard InChI is InChI=1S/C19H25F2N3O/c1-13(2)24(14(3)4)17-12-15(22-5)6-7-16(17)18(25)23-10-8-19(20,21)9-11-23/h6-7,12-14H,8-11H2,1-4H3. The number of alkyl halides is 2. The first-order valence-corrected chi connectivity index (χ1v) is 8.63. The van der Waals surface area contributed by atoms with E-state index in [0.717, 1.165) is 0 Å². The van der Waals surface area contributed by atoms with Crippen molar-refractivity contribution in [1.29, 1.82) is 0 Å². The van der Waals surface area contributed by atoms with E-state index in [-0.39, 0.29) is 43.9 Å². The van der Waals surface area contributed by atoms with Gasteiger partial charge in [-0.15, -0.1) is 0 Å². The van der Waals surface area contributed by atoms with E-state index >= 15 is 0 Å². The highest BCUT2D eigenvalue weighted by molar-refractivity contribution is 6.00. The number of halogens is 2. The van der Waals surface area contributed by atoms with Gasteiger partial charge in [0, 0.05) is 43.7 Å². The Hall–Kier alpha value is -2.16. The second-order valence-corrected chi connectivity index (χ2v) is 7.06. The first-order chi connectivity index (χ1) is 11.7. The molecule has 6 heteroatoms. The molecule has 0 aliphatic carbocycles. The lowest BCUT2D eigenvalue weighted by molar-refractivity contribution is -0.0494. The number of piperidine rings is 1. The van der Waals surface area contributed by atoms with E-state index in [1.165, 1.54) is 4.90 Å². The van der Waals surface area contributed by atoms with Crippen LogP contribution in [0.5, 0.6) is 0 Å². The topological polar surface area (TPSA) is 27.9 Å². The van der Waals surface area contributed by atoms with Crippen molar-refractivity contribution in [2.45, 2.75) is 58.5 Å². The third-order valence-electron chi connectivity index (χ3n) is 4.51. The zero-order valence-electron chi connectivity index (χ0n) is 15.2. The van der Waals surface area contributed by atoms with Crippen LogP contribution in [0.3, 0.4) is 0 Å². The third kappa shape index (κ3) is 4.28. The average molecular weight is 349 g/mol. The Kier molecular flexibility index (Phi) is 5.66. The van der Waals surface area contributed by atoms with E-state index < -0.39 is 5.92 Å². The molecule has 1 fully saturated rings. The lowest BCUT2D eigenvalue weighted by Gasteiger charge is -2.37.